The quantitative estimate of drug-likeness (QED) is 0.908. The Morgan fingerprint density at radius 3 is 2.48 bits per heavy atom. The van der Waals surface area contributed by atoms with Gasteiger partial charge in [0, 0.05) is 11.3 Å². The Kier molecular flexibility index (Phi) is 4.45. The topological polar surface area (TPSA) is 75.6 Å². The molecule has 0 saturated carbocycles. The number of aromatic carboxylic acids is 1. The van der Waals surface area contributed by atoms with Crippen molar-refractivity contribution in [1.82, 2.24) is 0 Å². The molecule has 5 nitrogen and oxygen atoms in total. The lowest BCUT2D eigenvalue weighted by atomic mass is 10.1. The van der Waals surface area contributed by atoms with Crippen LogP contribution < -0.4 is 10.1 Å². The number of carboxylic acids is 1. The number of carbonyl (C=O) groups excluding carboxylic acids is 1. The van der Waals surface area contributed by atoms with Crippen LogP contribution in [0.1, 0.15) is 20.7 Å². The van der Waals surface area contributed by atoms with E-state index in [1.165, 1.54) is 31.4 Å². The molecule has 0 radical (unpaired) electrons. The Hall–Kier alpha value is -2.53. The predicted octanol–water partition coefficient (Wildman–Crippen LogP) is 3.30. The number of methoxy groups -OCH3 is 1. The highest BCUT2D eigenvalue weighted by Crippen LogP contribution is 2.27. The van der Waals surface area contributed by atoms with Gasteiger partial charge in [-0.15, -0.1) is 0 Å². The van der Waals surface area contributed by atoms with Crippen molar-refractivity contribution in [3.63, 3.8) is 0 Å². The molecule has 0 spiro atoms. The van der Waals surface area contributed by atoms with Crippen molar-refractivity contribution in [2.24, 2.45) is 0 Å². The van der Waals surface area contributed by atoms with Gasteiger partial charge in [-0.1, -0.05) is 17.7 Å². The van der Waals surface area contributed by atoms with Crippen LogP contribution in [0.5, 0.6) is 5.75 Å². The van der Waals surface area contributed by atoms with E-state index in [4.69, 9.17) is 21.4 Å². The zero-order chi connectivity index (χ0) is 15.4. The monoisotopic (exact) mass is 305 g/mol. The second kappa shape index (κ2) is 6.28. The third-order valence-corrected chi connectivity index (χ3v) is 3.08. The average Bonchev–Trinajstić information content (AvgIpc) is 2.47. The first-order valence-electron chi connectivity index (χ1n) is 5.99. The van der Waals surface area contributed by atoms with Gasteiger partial charge in [-0.05, 0) is 36.4 Å². The van der Waals surface area contributed by atoms with Gasteiger partial charge in [0.25, 0.3) is 5.91 Å². The van der Waals surface area contributed by atoms with Crippen LogP contribution in [0.15, 0.2) is 42.5 Å². The summed E-state index contributed by atoms with van der Waals surface area (Å²) in [6.45, 7) is 0. The first kappa shape index (κ1) is 14.9. The molecule has 0 aliphatic carbocycles. The van der Waals surface area contributed by atoms with Crippen LogP contribution in [-0.4, -0.2) is 24.1 Å². The van der Waals surface area contributed by atoms with E-state index in [0.29, 0.717) is 16.5 Å². The van der Waals surface area contributed by atoms with E-state index in [9.17, 15) is 9.59 Å². The van der Waals surface area contributed by atoms with E-state index in [1.54, 1.807) is 18.2 Å². The van der Waals surface area contributed by atoms with Gasteiger partial charge in [0.05, 0.1) is 17.7 Å². The van der Waals surface area contributed by atoms with E-state index in [-0.39, 0.29) is 11.1 Å². The van der Waals surface area contributed by atoms with E-state index < -0.39 is 11.9 Å². The van der Waals surface area contributed by atoms with Gasteiger partial charge in [0.1, 0.15) is 5.75 Å². The Morgan fingerprint density at radius 2 is 1.86 bits per heavy atom. The molecule has 21 heavy (non-hydrogen) atoms. The molecule has 0 bridgehead atoms. The number of carbonyl (C=O) groups is 2. The lowest BCUT2D eigenvalue weighted by Gasteiger charge is -2.08. The van der Waals surface area contributed by atoms with E-state index >= 15 is 0 Å². The van der Waals surface area contributed by atoms with Gasteiger partial charge >= 0.3 is 5.97 Å². The maximum atomic E-state index is 12.1. The number of rotatable bonds is 4. The molecule has 0 aromatic heterocycles. The van der Waals surface area contributed by atoms with E-state index in [1.807, 2.05) is 0 Å². The van der Waals surface area contributed by atoms with Gasteiger partial charge in [0.15, 0.2) is 0 Å². The number of benzene rings is 2. The molecule has 2 rings (SSSR count). The lowest BCUT2D eigenvalue weighted by molar-refractivity contribution is 0.0697. The summed E-state index contributed by atoms with van der Waals surface area (Å²) in [7, 11) is 1.50. The number of carboxylic acid groups (broad SMARTS) is 1. The molecule has 2 aromatic rings. The summed E-state index contributed by atoms with van der Waals surface area (Å²) < 4.78 is 5.02. The summed E-state index contributed by atoms with van der Waals surface area (Å²) in [5.74, 6) is -1.00. The Bertz CT molecular complexity index is 700. The fourth-order valence-corrected chi connectivity index (χ4v) is 2.00. The van der Waals surface area contributed by atoms with Crippen molar-refractivity contribution < 1.29 is 19.4 Å². The molecule has 108 valence electrons. The van der Waals surface area contributed by atoms with Crippen LogP contribution in [0, 0.1) is 0 Å². The third-order valence-electron chi connectivity index (χ3n) is 2.78. The molecule has 0 atom stereocenters. The van der Waals surface area contributed by atoms with Crippen LogP contribution in [0.25, 0.3) is 0 Å². The van der Waals surface area contributed by atoms with E-state index in [0.717, 1.165) is 0 Å². The number of nitrogens with one attached hydrogen (secondary N) is 1. The van der Waals surface area contributed by atoms with Gasteiger partial charge in [-0.2, -0.15) is 0 Å². The van der Waals surface area contributed by atoms with Gasteiger partial charge in [0.2, 0.25) is 0 Å². The van der Waals surface area contributed by atoms with Gasteiger partial charge in [-0.25, -0.2) is 4.79 Å². The van der Waals surface area contributed by atoms with Crippen LogP contribution >= 0.6 is 11.6 Å². The number of halogens is 1. The SMILES string of the molecule is COc1ccc(NC(=O)c2cccc(C(=O)O)c2)cc1Cl. The highest BCUT2D eigenvalue weighted by Gasteiger charge is 2.10. The van der Waals surface area contributed by atoms with Crippen molar-refractivity contribution in [3.05, 3.63) is 58.6 Å². The summed E-state index contributed by atoms with van der Waals surface area (Å²) in [6, 6.07) is 10.6. The Morgan fingerprint density at radius 1 is 1.14 bits per heavy atom. The number of ether oxygens (including phenoxy) is 1. The molecular formula is C15H12ClNO4. The largest absolute Gasteiger partial charge is 0.495 e. The van der Waals surface area contributed by atoms with Crippen molar-refractivity contribution in [2.45, 2.75) is 0 Å². The molecule has 2 N–H and O–H groups in total. The molecule has 2 aromatic carbocycles. The summed E-state index contributed by atoms with van der Waals surface area (Å²) in [6.07, 6.45) is 0. The van der Waals surface area contributed by atoms with Crippen molar-refractivity contribution in [3.8, 4) is 5.75 Å². The predicted molar refractivity (Wildman–Crippen MR) is 79.4 cm³/mol. The fraction of sp³-hybridized carbons (Fsp3) is 0.0667. The van der Waals surface area contributed by atoms with Crippen LogP contribution in [0.4, 0.5) is 5.69 Å². The summed E-state index contributed by atoms with van der Waals surface area (Å²) in [5, 5.41) is 11.9. The first-order valence-corrected chi connectivity index (χ1v) is 6.37. The van der Waals surface area contributed by atoms with Gasteiger partial charge < -0.3 is 15.2 Å². The van der Waals surface area contributed by atoms with Crippen molar-refractivity contribution in [1.29, 1.82) is 0 Å². The summed E-state index contributed by atoms with van der Waals surface area (Å²) in [4.78, 5) is 23.0. The van der Waals surface area contributed by atoms with Crippen LogP contribution in [-0.2, 0) is 0 Å². The minimum Gasteiger partial charge on any atom is -0.495 e. The van der Waals surface area contributed by atoms with Crippen molar-refractivity contribution >= 4 is 29.2 Å². The zero-order valence-electron chi connectivity index (χ0n) is 11.1. The fourth-order valence-electron chi connectivity index (χ4n) is 1.74. The highest BCUT2D eigenvalue weighted by molar-refractivity contribution is 6.32. The number of hydrogen-bond acceptors (Lipinski definition) is 3. The number of hydrogen-bond donors (Lipinski definition) is 2. The lowest BCUT2D eigenvalue weighted by Crippen LogP contribution is -2.12. The van der Waals surface area contributed by atoms with Gasteiger partial charge in [-0.3, -0.25) is 4.79 Å². The second-order valence-corrected chi connectivity index (χ2v) is 4.60. The van der Waals surface area contributed by atoms with Crippen molar-refractivity contribution in [2.75, 3.05) is 12.4 Å². The molecule has 0 aliphatic heterocycles. The minimum atomic E-state index is -1.09. The maximum absolute atomic E-state index is 12.1. The summed E-state index contributed by atoms with van der Waals surface area (Å²) in [5.41, 5.74) is 0.795. The molecular weight excluding hydrogens is 294 g/mol. The first-order chi connectivity index (χ1) is 10.0. The summed E-state index contributed by atoms with van der Waals surface area (Å²) >= 11 is 5.97. The molecule has 0 aliphatic rings. The zero-order valence-corrected chi connectivity index (χ0v) is 11.8. The molecule has 0 heterocycles. The Balaban J connectivity index is 2.20. The normalized spacial score (nSPS) is 10.0. The molecule has 0 fully saturated rings. The minimum absolute atomic E-state index is 0.0513. The molecule has 0 saturated heterocycles. The highest BCUT2D eigenvalue weighted by atomic mass is 35.5. The van der Waals surface area contributed by atoms with Crippen LogP contribution in [0.3, 0.4) is 0 Å². The molecule has 6 heteroatoms. The number of anilines is 1. The molecule has 0 unspecified atom stereocenters. The Labute approximate surface area is 126 Å². The standard InChI is InChI=1S/C15H12ClNO4/c1-21-13-6-5-11(8-12(13)16)17-14(18)9-3-2-4-10(7-9)15(19)20/h2-8H,1H3,(H,17,18)(H,19,20). The van der Waals surface area contributed by atoms with Crippen LogP contribution in [0.2, 0.25) is 5.02 Å². The number of amides is 1. The smallest absolute Gasteiger partial charge is 0.335 e. The second-order valence-electron chi connectivity index (χ2n) is 4.19. The van der Waals surface area contributed by atoms with E-state index in [2.05, 4.69) is 5.32 Å². The average molecular weight is 306 g/mol. The third kappa shape index (κ3) is 3.52. The molecule has 1 amide bonds. The maximum Gasteiger partial charge on any atom is 0.335 e.